The molecule has 0 atom stereocenters. The lowest BCUT2D eigenvalue weighted by Crippen LogP contribution is -1.99. The Morgan fingerprint density at radius 1 is 0.578 bits per heavy atom. The average molecular weight is 590 g/mol. The molecule has 0 fully saturated rings. The molecule has 206 valence electrons. The number of nitrogens with zero attached hydrogens (tertiary/aromatic N) is 5. The fourth-order valence-electron chi connectivity index (χ4n) is 6.97. The van der Waals surface area contributed by atoms with E-state index in [2.05, 4.69) is 100 Å². The summed E-state index contributed by atoms with van der Waals surface area (Å²) in [7, 11) is 0. The van der Waals surface area contributed by atoms with Crippen molar-refractivity contribution in [2.75, 3.05) is 0 Å². The third-order valence-corrected chi connectivity index (χ3v) is 10.1. The van der Waals surface area contributed by atoms with Gasteiger partial charge in [0.05, 0.1) is 51.5 Å². The van der Waals surface area contributed by atoms with Crippen molar-refractivity contribution < 1.29 is 0 Å². The molecule has 0 amide bonds. The van der Waals surface area contributed by atoms with Crippen LogP contribution in [0.5, 0.6) is 0 Å². The molecule has 0 bridgehead atoms. The minimum Gasteiger partial charge on any atom is -0.309 e. The Hall–Kier alpha value is -6.39. The number of hydrogen-bond acceptors (Lipinski definition) is 3. The van der Waals surface area contributed by atoms with Gasteiger partial charge in [-0.05, 0) is 48.5 Å². The molecule has 6 aromatic carbocycles. The molecule has 9 rings (SSSR count). The average Bonchev–Trinajstić information content (AvgIpc) is 3.75. The van der Waals surface area contributed by atoms with Crippen molar-refractivity contribution in [3.63, 3.8) is 0 Å². The van der Waals surface area contributed by atoms with E-state index in [1.807, 2.05) is 28.8 Å². The van der Waals surface area contributed by atoms with Crippen LogP contribution in [0.25, 0.3) is 80.0 Å². The Bertz CT molecular complexity index is 2850. The van der Waals surface area contributed by atoms with Gasteiger partial charge in [0.15, 0.2) is 5.69 Å². The molecule has 0 aliphatic carbocycles. The molecule has 3 heterocycles. The maximum atomic E-state index is 10.2. The number of nitriles is 2. The second kappa shape index (κ2) is 9.30. The van der Waals surface area contributed by atoms with Crippen molar-refractivity contribution >= 4 is 80.8 Å². The van der Waals surface area contributed by atoms with Gasteiger partial charge in [0.2, 0.25) is 0 Å². The van der Waals surface area contributed by atoms with Gasteiger partial charge in [0.25, 0.3) is 0 Å². The molecule has 0 saturated carbocycles. The molecule has 0 saturated heterocycles. The summed E-state index contributed by atoms with van der Waals surface area (Å²) in [5, 5.41) is 27.0. The van der Waals surface area contributed by atoms with Crippen LogP contribution < -0.4 is 0 Å². The lowest BCUT2D eigenvalue weighted by molar-refractivity contribution is 1.17. The number of para-hydroxylation sites is 3. The first-order valence-corrected chi connectivity index (χ1v) is 15.3. The van der Waals surface area contributed by atoms with Crippen LogP contribution >= 0.6 is 11.3 Å². The maximum absolute atomic E-state index is 10.2. The topological polar surface area (TPSA) is 61.8 Å². The lowest BCUT2D eigenvalue weighted by Gasteiger charge is -2.12. The van der Waals surface area contributed by atoms with Gasteiger partial charge in [0.1, 0.15) is 6.07 Å². The molecule has 3 aromatic heterocycles. The summed E-state index contributed by atoms with van der Waals surface area (Å²) in [6.07, 6.45) is 0. The van der Waals surface area contributed by atoms with Gasteiger partial charge in [-0.25, -0.2) is 4.85 Å². The van der Waals surface area contributed by atoms with E-state index in [1.165, 1.54) is 48.0 Å². The van der Waals surface area contributed by atoms with Crippen molar-refractivity contribution in [1.29, 1.82) is 10.5 Å². The van der Waals surface area contributed by atoms with E-state index in [4.69, 9.17) is 6.57 Å². The quantitative estimate of drug-likeness (QED) is 0.188. The van der Waals surface area contributed by atoms with Gasteiger partial charge >= 0.3 is 0 Å². The standard InChI is InChI=1S/C39H19N5S/c1-42-24-19-23(21-40)30(22-41)35(20-24)44-32-14-8-6-12-29(32)37-34(44)18-16-27-26-15-17-33-36(38(26)45-39(27)37)28-11-5-7-13-31(28)43(33)25-9-3-2-4-10-25/h2-20H. The highest BCUT2D eigenvalue weighted by Gasteiger charge is 2.22. The highest BCUT2D eigenvalue weighted by molar-refractivity contribution is 7.27. The predicted molar refractivity (Wildman–Crippen MR) is 184 cm³/mol. The van der Waals surface area contributed by atoms with Crippen LogP contribution in [0.2, 0.25) is 0 Å². The zero-order chi connectivity index (χ0) is 30.2. The molecule has 6 heteroatoms. The molecule has 0 spiro atoms. The summed E-state index contributed by atoms with van der Waals surface area (Å²) in [6.45, 7) is 7.66. The van der Waals surface area contributed by atoms with E-state index < -0.39 is 0 Å². The van der Waals surface area contributed by atoms with E-state index in [9.17, 15) is 10.5 Å². The zero-order valence-electron chi connectivity index (χ0n) is 23.6. The fourth-order valence-corrected chi connectivity index (χ4v) is 8.38. The molecular formula is C39H19N5S. The third-order valence-electron chi connectivity index (χ3n) is 8.80. The highest BCUT2D eigenvalue weighted by Crippen LogP contribution is 2.47. The SMILES string of the molecule is [C-]#[N+]c1cc(C#N)c(C#N)c(-n2c3ccccc3c3c4sc5c(ccc6c5c5ccccc5n6-c5ccccc5)c4ccc32)c1. The Labute approximate surface area is 261 Å². The van der Waals surface area contributed by atoms with Crippen LogP contribution in [0.4, 0.5) is 5.69 Å². The van der Waals surface area contributed by atoms with E-state index >= 15 is 0 Å². The van der Waals surface area contributed by atoms with Gasteiger partial charge in [-0.15, -0.1) is 11.3 Å². The van der Waals surface area contributed by atoms with Crippen molar-refractivity contribution in [1.82, 2.24) is 9.13 Å². The van der Waals surface area contributed by atoms with Gasteiger partial charge in [-0.2, -0.15) is 10.5 Å². The molecule has 0 unspecified atom stereocenters. The Kier molecular flexibility index (Phi) is 5.20. The summed E-state index contributed by atoms with van der Waals surface area (Å²) in [6, 6.07) is 43.6. The van der Waals surface area contributed by atoms with E-state index in [0.717, 1.165) is 27.5 Å². The summed E-state index contributed by atoms with van der Waals surface area (Å²) < 4.78 is 6.79. The second-order valence-electron chi connectivity index (χ2n) is 11.0. The number of rotatable bonds is 2. The first-order chi connectivity index (χ1) is 22.2. The molecule has 0 aliphatic rings. The van der Waals surface area contributed by atoms with Gasteiger partial charge in [0, 0.05) is 47.4 Å². The summed E-state index contributed by atoms with van der Waals surface area (Å²) in [5.74, 6) is 0. The Morgan fingerprint density at radius 3 is 1.76 bits per heavy atom. The molecule has 45 heavy (non-hydrogen) atoms. The molecule has 9 aromatic rings. The first kappa shape index (κ1) is 25.1. The highest BCUT2D eigenvalue weighted by atomic mass is 32.1. The second-order valence-corrected chi connectivity index (χ2v) is 12.1. The largest absolute Gasteiger partial charge is 0.309 e. The Morgan fingerprint density at radius 2 is 1.16 bits per heavy atom. The fraction of sp³-hybridized carbons (Fsp3) is 0. The lowest BCUT2D eigenvalue weighted by atomic mass is 10.1. The molecule has 0 N–H and O–H groups in total. The minimum absolute atomic E-state index is 0.201. The predicted octanol–water partition coefficient (Wildman–Crippen LogP) is 10.5. The van der Waals surface area contributed by atoms with Gasteiger partial charge in [-0.1, -0.05) is 66.7 Å². The maximum Gasteiger partial charge on any atom is 0.190 e. The van der Waals surface area contributed by atoms with Crippen molar-refractivity contribution in [2.24, 2.45) is 0 Å². The molecule has 0 radical (unpaired) electrons. The van der Waals surface area contributed by atoms with Crippen LogP contribution in [0, 0.1) is 29.2 Å². The smallest absolute Gasteiger partial charge is 0.190 e. The minimum atomic E-state index is 0.201. The van der Waals surface area contributed by atoms with Crippen molar-refractivity contribution in [3.05, 3.63) is 138 Å². The summed E-state index contributed by atoms with van der Waals surface area (Å²) in [5.41, 5.74) is 6.65. The first-order valence-electron chi connectivity index (χ1n) is 14.4. The van der Waals surface area contributed by atoms with Crippen LogP contribution in [0.1, 0.15) is 11.1 Å². The number of aromatic nitrogens is 2. The third kappa shape index (κ3) is 3.33. The number of fused-ring (bicyclic) bond motifs is 11. The zero-order valence-corrected chi connectivity index (χ0v) is 24.4. The number of thiophene rings is 1. The van der Waals surface area contributed by atoms with Crippen molar-refractivity contribution in [2.45, 2.75) is 0 Å². The van der Waals surface area contributed by atoms with Crippen LogP contribution in [0.3, 0.4) is 0 Å². The van der Waals surface area contributed by atoms with E-state index in [-0.39, 0.29) is 11.1 Å². The normalized spacial score (nSPS) is 11.5. The molecule has 5 nitrogen and oxygen atoms in total. The number of benzene rings is 6. The van der Waals surface area contributed by atoms with E-state index in [1.54, 1.807) is 17.4 Å². The molecular weight excluding hydrogens is 571 g/mol. The van der Waals surface area contributed by atoms with Crippen LogP contribution in [-0.4, -0.2) is 9.13 Å². The Balaban J connectivity index is 1.45. The summed E-state index contributed by atoms with van der Waals surface area (Å²) in [4.78, 5) is 3.62. The monoisotopic (exact) mass is 589 g/mol. The van der Waals surface area contributed by atoms with E-state index in [0.29, 0.717) is 11.4 Å². The number of hydrogen-bond donors (Lipinski definition) is 0. The van der Waals surface area contributed by atoms with Gasteiger partial charge in [-0.3, -0.25) is 0 Å². The van der Waals surface area contributed by atoms with Gasteiger partial charge < -0.3 is 9.13 Å². The van der Waals surface area contributed by atoms with Crippen molar-refractivity contribution in [3.8, 4) is 23.5 Å². The molecule has 0 aliphatic heterocycles. The summed E-state index contributed by atoms with van der Waals surface area (Å²) >= 11 is 1.80. The van der Waals surface area contributed by atoms with Crippen LogP contribution in [-0.2, 0) is 0 Å². The van der Waals surface area contributed by atoms with Crippen LogP contribution in [0.15, 0.2) is 115 Å².